The van der Waals surface area contributed by atoms with E-state index >= 15 is 0 Å². The quantitative estimate of drug-likeness (QED) is 0.699. The number of hydrogen-bond donors (Lipinski definition) is 1. The summed E-state index contributed by atoms with van der Waals surface area (Å²) in [4.78, 5) is 12.3. The van der Waals surface area contributed by atoms with Gasteiger partial charge >= 0.3 is 0 Å². The zero-order valence-corrected chi connectivity index (χ0v) is 16.4. The predicted octanol–water partition coefficient (Wildman–Crippen LogP) is 2.87. The van der Waals surface area contributed by atoms with Crippen molar-refractivity contribution in [1.29, 1.82) is 0 Å². The van der Waals surface area contributed by atoms with Crippen LogP contribution in [0.5, 0.6) is 0 Å². The standard InChI is InChI=1S/C18H22N6OS/c1-11-7-6-8-14(9-11)17-20-21-18(23(17)4)26-10-15(25)19-16-12(2)22-24(5)13(16)3/h6-9H,10H2,1-5H3,(H,19,25). The molecule has 0 saturated carbocycles. The van der Waals surface area contributed by atoms with Crippen LogP contribution in [-0.4, -0.2) is 36.2 Å². The number of carbonyl (C=O) groups is 1. The van der Waals surface area contributed by atoms with Gasteiger partial charge in [-0.25, -0.2) is 0 Å². The number of amides is 1. The first kappa shape index (κ1) is 18.2. The van der Waals surface area contributed by atoms with Gasteiger partial charge in [0.05, 0.1) is 22.8 Å². The fraction of sp³-hybridized carbons (Fsp3) is 0.333. The van der Waals surface area contributed by atoms with E-state index in [0.29, 0.717) is 5.16 Å². The van der Waals surface area contributed by atoms with Crippen LogP contribution in [0.4, 0.5) is 5.69 Å². The van der Waals surface area contributed by atoms with Crippen molar-refractivity contribution in [2.24, 2.45) is 14.1 Å². The number of aryl methyl sites for hydroxylation is 3. The molecule has 0 aliphatic rings. The Balaban J connectivity index is 1.68. The first-order chi connectivity index (χ1) is 12.4. The highest BCUT2D eigenvalue weighted by Crippen LogP contribution is 2.24. The second-order valence-corrected chi connectivity index (χ2v) is 7.18. The highest BCUT2D eigenvalue weighted by atomic mass is 32.2. The lowest BCUT2D eigenvalue weighted by atomic mass is 10.1. The van der Waals surface area contributed by atoms with Crippen molar-refractivity contribution in [3.8, 4) is 11.4 Å². The van der Waals surface area contributed by atoms with Crippen molar-refractivity contribution in [2.75, 3.05) is 11.1 Å². The first-order valence-electron chi connectivity index (χ1n) is 8.26. The van der Waals surface area contributed by atoms with E-state index in [0.717, 1.165) is 28.5 Å². The van der Waals surface area contributed by atoms with Gasteiger partial charge < -0.3 is 9.88 Å². The minimum absolute atomic E-state index is 0.0886. The van der Waals surface area contributed by atoms with Gasteiger partial charge in [0.1, 0.15) is 0 Å². The average Bonchev–Trinajstić information content (AvgIpc) is 3.07. The second kappa shape index (κ2) is 7.33. The minimum Gasteiger partial charge on any atom is -0.322 e. The molecule has 0 unspecified atom stereocenters. The fourth-order valence-electron chi connectivity index (χ4n) is 2.74. The number of carbonyl (C=O) groups excluding carboxylic acids is 1. The number of nitrogens with one attached hydrogen (secondary N) is 1. The Morgan fingerprint density at radius 1 is 1.19 bits per heavy atom. The Morgan fingerprint density at radius 3 is 2.62 bits per heavy atom. The molecule has 1 amide bonds. The SMILES string of the molecule is Cc1cccc(-c2nnc(SCC(=O)Nc3c(C)nn(C)c3C)n2C)c1. The summed E-state index contributed by atoms with van der Waals surface area (Å²) in [7, 11) is 3.77. The summed E-state index contributed by atoms with van der Waals surface area (Å²) in [5, 5.41) is 16.4. The summed E-state index contributed by atoms with van der Waals surface area (Å²) >= 11 is 1.36. The van der Waals surface area contributed by atoms with Gasteiger partial charge in [-0.05, 0) is 26.8 Å². The molecule has 0 saturated heterocycles. The lowest BCUT2D eigenvalue weighted by molar-refractivity contribution is -0.113. The van der Waals surface area contributed by atoms with Gasteiger partial charge in [-0.3, -0.25) is 9.48 Å². The van der Waals surface area contributed by atoms with Crippen molar-refractivity contribution in [1.82, 2.24) is 24.5 Å². The highest BCUT2D eigenvalue weighted by molar-refractivity contribution is 7.99. The maximum atomic E-state index is 12.3. The molecule has 0 atom stereocenters. The zero-order valence-electron chi connectivity index (χ0n) is 15.6. The summed E-state index contributed by atoms with van der Waals surface area (Å²) < 4.78 is 3.67. The molecular weight excluding hydrogens is 348 g/mol. The summed E-state index contributed by atoms with van der Waals surface area (Å²) in [6, 6.07) is 8.12. The second-order valence-electron chi connectivity index (χ2n) is 6.24. The van der Waals surface area contributed by atoms with E-state index < -0.39 is 0 Å². The van der Waals surface area contributed by atoms with E-state index in [2.05, 4.69) is 26.7 Å². The van der Waals surface area contributed by atoms with E-state index in [4.69, 9.17) is 0 Å². The average molecular weight is 370 g/mol. The third-order valence-electron chi connectivity index (χ3n) is 4.22. The summed E-state index contributed by atoms with van der Waals surface area (Å²) in [6.45, 7) is 5.86. The molecule has 0 aliphatic heterocycles. The van der Waals surface area contributed by atoms with E-state index in [1.165, 1.54) is 17.3 Å². The molecule has 136 valence electrons. The molecular formula is C18H22N6OS. The number of thioether (sulfide) groups is 1. The van der Waals surface area contributed by atoms with Gasteiger partial charge in [0.2, 0.25) is 5.91 Å². The van der Waals surface area contributed by atoms with E-state index in [1.807, 2.05) is 57.6 Å². The molecule has 8 heteroatoms. The normalized spacial score (nSPS) is 11.0. The third kappa shape index (κ3) is 3.65. The van der Waals surface area contributed by atoms with Crippen LogP contribution in [0.25, 0.3) is 11.4 Å². The Kier molecular flexibility index (Phi) is 5.13. The molecule has 2 aromatic heterocycles. The lowest BCUT2D eigenvalue weighted by Gasteiger charge is -2.06. The van der Waals surface area contributed by atoms with Gasteiger partial charge in [-0.1, -0.05) is 35.5 Å². The number of rotatable bonds is 5. The van der Waals surface area contributed by atoms with Gasteiger partial charge in [0.25, 0.3) is 0 Å². The summed E-state index contributed by atoms with van der Waals surface area (Å²) in [5.74, 6) is 0.956. The summed E-state index contributed by atoms with van der Waals surface area (Å²) in [6.07, 6.45) is 0. The number of benzene rings is 1. The van der Waals surface area contributed by atoms with Crippen LogP contribution in [0, 0.1) is 20.8 Å². The molecule has 26 heavy (non-hydrogen) atoms. The monoisotopic (exact) mass is 370 g/mol. The van der Waals surface area contributed by atoms with Crippen LogP contribution in [0.2, 0.25) is 0 Å². The number of hydrogen-bond acceptors (Lipinski definition) is 5. The Bertz CT molecular complexity index is 959. The van der Waals surface area contributed by atoms with Crippen LogP contribution >= 0.6 is 11.8 Å². The van der Waals surface area contributed by atoms with E-state index in [1.54, 1.807) is 4.68 Å². The topological polar surface area (TPSA) is 77.6 Å². The van der Waals surface area contributed by atoms with Crippen molar-refractivity contribution in [3.63, 3.8) is 0 Å². The minimum atomic E-state index is -0.0886. The molecule has 3 rings (SSSR count). The van der Waals surface area contributed by atoms with Crippen molar-refractivity contribution in [3.05, 3.63) is 41.2 Å². The maximum Gasteiger partial charge on any atom is 0.234 e. The first-order valence-corrected chi connectivity index (χ1v) is 9.24. The Labute approximate surface area is 156 Å². The highest BCUT2D eigenvalue weighted by Gasteiger charge is 2.15. The summed E-state index contributed by atoms with van der Waals surface area (Å²) in [5.41, 5.74) is 4.70. The van der Waals surface area contributed by atoms with E-state index in [-0.39, 0.29) is 11.7 Å². The molecule has 2 heterocycles. The molecule has 0 fully saturated rings. The van der Waals surface area contributed by atoms with Crippen molar-refractivity contribution in [2.45, 2.75) is 25.9 Å². The van der Waals surface area contributed by atoms with Gasteiger partial charge in [-0.2, -0.15) is 5.10 Å². The van der Waals surface area contributed by atoms with Gasteiger partial charge in [0, 0.05) is 19.7 Å². The Hall–Kier alpha value is -2.61. The molecule has 1 N–H and O–H groups in total. The van der Waals surface area contributed by atoms with Crippen LogP contribution in [0.1, 0.15) is 17.0 Å². The third-order valence-corrected chi connectivity index (χ3v) is 5.24. The smallest absolute Gasteiger partial charge is 0.234 e. The van der Waals surface area contributed by atoms with Gasteiger partial charge in [0.15, 0.2) is 11.0 Å². The number of nitrogens with zero attached hydrogens (tertiary/aromatic N) is 5. The molecule has 7 nitrogen and oxygen atoms in total. The molecule has 0 aliphatic carbocycles. The molecule has 1 aromatic carbocycles. The van der Waals surface area contributed by atoms with Crippen LogP contribution in [0.3, 0.4) is 0 Å². The zero-order chi connectivity index (χ0) is 18.8. The predicted molar refractivity (Wildman–Crippen MR) is 103 cm³/mol. The number of anilines is 1. The van der Waals surface area contributed by atoms with Crippen LogP contribution < -0.4 is 5.32 Å². The molecule has 0 radical (unpaired) electrons. The van der Waals surface area contributed by atoms with Gasteiger partial charge in [-0.15, -0.1) is 10.2 Å². The Morgan fingerprint density at radius 2 is 1.96 bits per heavy atom. The lowest BCUT2D eigenvalue weighted by Crippen LogP contribution is -2.15. The van der Waals surface area contributed by atoms with Crippen molar-refractivity contribution >= 4 is 23.4 Å². The van der Waals surface area contributed by atoms with Crippen LogP contribution in [-0.2, 0) is 18.9 Å². The molecule has 0 spiro atoms. The largest absolute Gasteiger partial charge is 0.322 e. The van der Waals surface area contributed by atoms with Crippen molar-refractivity contribution < 1.29 is 4.79 Å². The molecule has 0 bridgehead atoms. The van der Waals surface area contributed by atoms with Crippen LogP contribution in [0.15, 0.2) is 29.4 Å². The fourth-order valence-corrected chi connectivity index (χ4v) is 3.45. The van der Waals surface area contributed by atoms with E-state index in [9.17, 15) is 4.79 Å². The molecule has 3 aromatic rings. The number of aromatic nitrogens is 5. The maximum absolute atomic E-state index is 12.3.